The Bertz CT molecular complexity index is 1540. The third-order valence-electron chi connectivity index (χ3n) is 5.02. The van der Waals surface area contributed by atoms with Crippen LogP contribution in [-0.4, -0.2) is 35.5 Å². The minimum Gasteiger partial charge on any atom is -0.493 e. The van der Waals surface area contributed by atoms with Crippen LogP contribution in [0, 0.1) is 6.92 Å². The second-order valence-corrected chi connectivity index (χ2v) is 9.32. The van der Waals surface area contributed by atoms with Gasteiger partial charge >= 0.3 is 0 Å². The number of halogens is 3. The number of hydrogen-bond acceptors (Lipinski definition) is 6. The summed E-state index contributed by atoms with van der Waals surface area (Å²) in [5.74, 6) is 0.545. The molecule has 0 aliphatic heterocycles. The van der Waals surface area contributed by atoms with Crippen molar-refractivity contribution in [3.63, 3.8) is 0 Å². The van der Waals surface area contributed by atoms with E-state index in [0.29, 0.717) is 38.8 Å². The summed E-state index contributed by atoms with van der Waals surface area (Å²) in [4.78, 5) is 29.7. The van der Waals surface area contributed by atoms with E-state index in [1.807, 2.05) is 6.07 Å². The molecule has 4 rings (SSSR count). The second-order valence-electron chi connectivity index (χ2n) is 7.56. The topological polar surface area (TPSA) is 94.8 Å². The van der Waals surface area contributed by atoms with Crippen molar-refractivity contribution in [1.29, 1.82) is 0 Å². The Balaban J connectivity index is 1.54. The van der Waals surface area contributed by atoms with Crippen LogP contribution in [0.5, 0.6) is 11.5 Å². The van der Waals surface area contributed by atoms with Gasteiger partial charge in [0, 0.05) is 15.2 Å². The van der Waals surface area contributed by atoms with E-state index in [-0.39, 0.29) is 28.8 Å². The van der Waals surface area contributed by atoms with Crippen LogP contribution in [0.2, 0.25) is 10.0 Å². The van der Waals surface area contributed by atoms with Gasteiger partial charge in [0.05, 0.1) is 29.2 Å². The molecule has 184 valence electrons. The standard InChI is InChI=1S/C25H19BrCl2N4O4/c1-14-30-21-8-3-16(26)11-19(21)25(34)32(14)29-12-15-9-20(28)24(22(10-15)35-2)36-13-23(33)31-18-6-4-17(27)5-7-18/h3-12H,13H2,1-2H3,(H,31,33). The highest BCUT2D eigenvalue weighted by Crippen LogP contribution is 2.36. The smallest absolute Gasteiger partial charge is 0.282 e. The fraction of sp³-hybridized carbons (Fsp3) is 0.120. The van der Waals surface area contributed by atoms with Gasteiger partial charge in [-0.05, 0) is 67.1 Å². The SMILES string of the molecule is COc1cc(C=Nn2c(C)nc3ccc(Br)cc3c2=O)cc(Cl)c1OCC(=O)Nc1ccc(Cl)cc1. The molecule has 0 saturated carbocycles. The first kappa shape index (κ1) is 25.7. The summed E-state index contributed by atoms with van der Waals surface area (Å²) in [7, 11) is 1.45. The number of hydrogen-bond donors (Lipinski definition) is 1. The highest BCUT2D eigenvalue weighted by atomic mass is 79.9. The highest BCUT2D eigenvalue weighted by Gasteiger charge is 2.14. The molecular formula is C25H19BrCl2N4O4. The lowest BCUT2D eigenvalue weighted by atomic mass is 10.2. The number of nitrogens with zero attached hydrogens (tertiary/aromatic N) is 3. The maximum absolute atomic E-state index is 12.9. The first-order valence-corrected chi connectivity index (χ1v) is 12.1. The highest BCUT2D eigenvalue weighted by molar-refractivity contribution is 9.10. The van der Waals surface area contributed by atoms with E-state index in [0.717, 1.165) is 4.47 Å². The maximum atomic E-state index is 12.9. The normalized spacial score (nSPS) is 11.1. The predicted octanol–water partition coefficient (Wildman–Crippen LogP) is 5.68. The number of nitrogens with one attached hydrogen (secondary N) is 1. The zero-order valence-corrected chi connectivity index (χ0v) is 22.2. The molecule has 36 heavy (non-hydrogen) atoms. The Morgan fingerprint density at radius 1 is 1.17 bits per heavy atom. The van der Waals surface area contributed by atoms with E-state index in [2.05, 4.69) is 31.3 Å². The van der Waals surface area contributed by atoms with Crippen LogP contribution in [0.1, 0.15) is 11.4 Å². The van der Waals surface area contributed by atoms with Crippen LogP contribution in [0.4, 0.5) is 5.69 Å². The molecule has 1 amide bonds. The fourth-order valence-electron chi connectivity index (χ4n) is 3.34. The number of aryl methyl sites for hydroxylation is 1. The minimum absolute atomic E-state index is 0.202. The van der Waals surface area contributed by atoms with Crippen LogP contribution in [-0.2, 0) is 4.79 Å². The lowest BCUT2D eigenvalue weighted by molar-refractivity contribution is -0.118. The number of ether oxygens (including phenoxy) is 2. The van der Waals surface area contributed by atoms with Crippen molar-refractivity contribution in [1.82, 2.24) is 9.66 Å². The number of carbonyl (C=O) groups excluding carboxylic acids is 1. The molecule has 1 N–H and O–H groups in total. The van der Waals surface area contributed by atoms with Crippen molar-refractivity contribution in [2.45, 2.75) is 6.92 Å². The number of rotatable bonds is 7. The molecular weight excluding hydrogens is 571 g/mol. The van der Waals surface area contributed by atoms with E-state index in [1.54, 1.807) is 55.5 Å². The average Bonchev–Trinajstić information content (AvgIpc) is 2.85. The third-order valence-corrected chi connectivity index (χ3v) is 6.05. The van der Waals surface area contributed by atoms with Crippen molar-refractivity contribution in [2.24, 2.45) is 5.10 Å². The first-order valence-electron chi connectivity index (χ1n) is 10.5. The molecule has 11 heteroatoms. The molecule has 1 aromatic heterocycles. The molecule has 3 aromatic carbocycles. The molecule has 4 aromatic rings. The van der Waals surface area contributed by atoms with E-state index in [1.165, 1.54) is 18.0 Å². The largest absolute Gasteiger partial charge is 0.493 e. The molecule has 8 nitrogen and oxygen atoms in total. The summed E-state index contributed by atoms with van der Waals surface area (Å²) < 4.78 is 13.0. The Hall–Kier alpha value is -3.40. The zero-order valence-electron chi connectivity index (χ0n) is 19.1. The summed E-state index contributed by atoms with van der Waals surface area (Å²) >= 11 is 15.6. The quantitative estimate of drug-likeness (QED) is 0.280. The average molecular weight is 590 g/mol. The van der Waals surface area contributed by atoms with E-state index >= 15 is 0 Å². The molecule has 0 aliphatic rings. The van der Waals surface area contributed by atoms with E-state index in [4.69, 9.17) is 32.7 Å². The molecule has 0 atom stereocenters. The molecule has 0 unspecified atom stereocenters. The molecule has 0 aliphatic carbocycles. The fourth-order valence-corrected chi connectivity index (χ4v) is 4.10. The number of anilines is 1. The van der Waals surface area contributed by atoms with Gasteiger partial charge in [-0.25, -0.2) is 4.98 Å². The number of fused-ring (bicyclic) bond motifs is 1. The molecule has 0 spiro atoms. The predicted molar refractivity (Wildman–Crippen MR) is 145 cm³/mol. The summed E-state index contributed by atoms with van der Waals surface area (Å²) in [6, 6.07) is 15.2. The van der Waals surface area contributed by atoms with Crippen molar-refractivity contribution in [3.8, 4) is 11.5 Å². The lowest BCUT2D eigenvalue weighted by Gasteiger charge is -2.13. The van der Waals surface area contributed by atoms with Gasteiger partial charge in [0.1, 0.15) is 5.82 Å². The monoisotopic (exact) mass is 588 g/mol. The molecule has 0 bridgehead atoms. The Morgan fingerprint density at radius 3 is 2.64 bits per heavy atom. The summed E-state index contributed by atoms with van der Waals surface area (Å²) in [6.45, 7) is 1.40. The van der Waals surface area contributed by atoms with Crippen LogP contribution in [0.15, 0.2) is 69.0 Å². The van der Waals surface area contributed by atoms with E-state index in [9.17, 15) is 9.59 Å². The Labute approximate surface area is 224 Å². The molecule has 0 radical (unpaired) electrons. The van der Waals surface area contributed by atoms with Gasteiger partial charge in [-0.2, -0.15) is 9.78 Å². The van der Waals surface area contributed by atoms with Crippen LogP contribution in [0.25, 0.3) is 10.9 Å². The van der Waals surface area contributed by atoms with Gasteiger partial charge in [0.15, 0.2) is 18.1 Å². The molecule has 0 fully saturated rings. The lowest BCUT2D eigenvalue weighted by Crippen LogP contribution is -2.21. The van der Waals surface area contributed by atoms with Gasteiger partial charge in [0.25, 0.3) is 11.5 Å². The number of aromatic nitrogens is 2. The van der Waals surface area contributed by atoms with Crippen LogP contribution in [0.3, 0.4) is 0 Å². The Morgan fingerprint density at radius 2 is 1.92 bits per heavy atom. The van der Waals surface area contributed by atoms with Crippen molar-refractivity contribution >= 4 is 67.8 Å². The number of benzene rings is 3. The van der Waals surface area contributed by atoms with Gasteiger partial charge in [-0.1, -0.05) is 39.1 Å². The number of carbonyl (C=O) groups is 1. The van der Waals surface area contributed by atoms with Crippen molar-refractivity contribution in [2.75, 3.05) is 19.0 Å². The van der Waals surface area contributed by atoms with Gasteiger partial charge in [-0.15, -0.1) is 0 Å². The van der Waals surface area contributed by atoms with E-state index < -0.39 is 0 Å². The second kappa shape index (κ2) is 11.1. The minimum atomic E-state index is -0.383. The first-order chi connectivity index (χ1) is 17.2. The number of amides is 1. The van der Waals surface area contributed by atoms with Crippen LogP contribution >= 0.6 is 39.1 Å². The maximum Gasteiger partial charge on any atom is 0.282 e. The van der Waals surface area contributed by atoms with Gasteiger partial charge in [0.2, 0.25) is 0 Å². The summed E-state index contributed by atoms with van der Waals surface area (Å²) in [5.41, 5.74) is 1.41. The Kier molecular flexibility index (Phi) is 7.93. The molecule has 1 heterocycles. The van der Waals surface area contributed by atoms with Crippen LogP contribution < -0.4 is 20.3 Å². The van der Waals surface area contributed by atoms with Crippen molar-refractivity contribution < 1.29 is 14.3 Å². The van der Waals surface area contributed by atoms with Gasteiger partial charge < -0.3 is 14.8 Å². The zero-order chi connectivity index (χ0) is 25.8. The summed E-state index contributed by atoms with van der Waals surface area (Å²) in [5, 5.41) is 8.21. The number of methoxy groups -OCH3 is 1. The van der Waals surface area contributed by atoms with Crippen molar-refractivity contribution in [3.05, 3.63) is 90.9 Å². The third kappa shape index (κ3) is 5.87. The van der Waals surface area contributed by atoms with Gasteiger partial charge in [-0.3, -0.25) is 9.59 Å². The summed E-state index contributed by atoms with van der Waals surface area (Å²) in [6.07, 6.45) is 1.46. The molecule has 0 saturated heterocycles.